The number of hydrogen-bond donors (Lipinski definition) is 0. The van der Waals surface area contributed by atoms with Gasteiger partial charge in [0.1, 0.15) is 0 Å². The molecule has 0 radical (unpaired) electrons. The molecule has 0 aliphatic carbocycles. The molecule has 0 spiro atoms. The highest BCUT2D eigenvalue weighted by Gasteiger charge is 2.36. The Morgan fingerprint density at radius 3 is 2.26 bits per heavy atom. The maximum absolute atomic E-state index is 12.7. The zero-order chi connectivity index (χ0) is 22.8. The van der Waals surface area contributed by atoms with Crippen LogP contribution in [0.25, 0.3) is 0 Å². The van der Waals surface area contributed by atoms with Gasteiger partial charge >= 0.3 is 6.18 Å². The highest BCUT2D eigenvalue weighted by atomic mass is 32.2. The molecule has 0 aromatic heterocycles. The number of rotatable bonds is 6. The minimum Gasteiger partial charge on any atom is -0.371 e. The van der Waals surface area contributed by atoms with E-state index in [0.29, 0.717) is 18.7 Å². The lowest BCUT2D eigenvalue weighted by molar-refractivity contribution is -0.137. The second-order valence-corrected chi connectivity index (χ2v) is 9.45. The third-order valence-electron chi connectivity index (χ3n) is 5.23. The van der Waals surface area contributed by atoms with E-state index in [2.05, 4.69) is 6.58 Å². The fraction of sp³-hybridized carbons (Fsp3) is 0.318. The Labute approximate surface area is 179 Å². The maximum Gasteiger partial charge on any atom is 0.416 e. The van der Waals surface area contributed by atoms with Crippen molar-refractivity contribution in [3.05, 3.63) is 77.9 Å². The lowest BCUT2D eigenvalue weighted by Crippen LogP contribution is -2.28. The Morgan fingerprint density at radius 1 is 1.13 bits per heavy atom. The molecular formula is C22H22F3NO4S. The molecule has 2 aromatic rings. The summed E-state index contributed by atoms with van der Waals surface area (Å²) >= 11 is 0. The number of hydrogen-bond acceptors (Lipinski definition) is 4. The van der Waals surface area contributed by atoms with E-state index in [-0.39, 0.29) is 23.3 Å². The third-order valence-corrected chi connectivity index (χ3v) is 6.36. The molecule has 2 atom stereocenters. The molecular weight excluding hydrogens is 431 g/mol. The van der Waals surface area contributed by atoms with E-state index >= 15 is 0 Å². The molecule has 166 valence electrons. The van der Waals surface area contributed by atoms with Crippen LogP contribution in [-0.2, 0) is 32.2 Å². The van der Waals surface area contributed by atoms with Gasteiger partial charge in [-0.1, -0.05) is 30.8 Å². The van der Waals surface area contributed by atoms with E-state index < -0.39 is 27.7 Å². The van der Waals surface area contributed by atoms with Crippen LogP contribution in [0, 0.1) is 0 Å². The van der Waals surface area contributed by atoms with E-state index in [1.54, 1.807) is 17.0 Å². The number of benzene rings is 2. The summed E-state index contributed by atoms with van der Waals surface area (Å²) < 4.78 is 67.6. The van der Waals surface area contributed by atoms with Crippen molar-refractivity contribution in [3.63, 3.8) is 0 Å². The molecule has 0 bridgehead atoms. The number of nitrogens with zero attached hydrogens (tertiary/aromatic N) is 1. The molecule has 1 aliphatic rings. The summed E-state index contributed by atoms with van der Waals surface area (Å²) in [5.41, 5.74) is 0.653. The van der Waals surface area contributed by atoms with E-state index in [9.17, 15) is 26.4 Å². The van der Waals surface area contributed by atoms with Crippen LogP contribution in [0.2, 0.25) is 0 Å². The van der Waals surface area contributed by atoms with E-state index in [0.717, 1.165) is 24.0 Å². The summed E-state index contributed by atoms with van der Waals surface area (Å²) in [6.45, 7) is 4.24. The van der Waals surface area contributed by atoms with Gasteiger partial charge < -0.3 is 9.64 Å². The predicted molar refractivity (Wildman–Crippen MR) is 109 cm³/mol. The molecule has 0 saturated carbocycles. The molecule has 1 aliphatic heterocycles. The summed E-state index contributed by atoms with van der Waals surface area (Å²) in [5, 5.41) is 0. The van der Waals surface area contributed by atoms with Crippen molar-refractivity contribution in [3.8, 4) is 0 Å². The van der Waals surface area contributed by atoms with Gasteiger partial charge in [-0.2, -0.15) is 13.2 Å². The van der Waals surface area contributed by atoms with Gasteiger partial charge in [0.05, 0.1) is 23.2 Å². The van der Waals surface area contributed by atoms with Gasteiger partial charge in [-0.25, -0.2) is 8.42 Å². The molecule has 1 fully saturated rings. The highest BCUT2D eigenvalue weighted by molar-refractivity contribution is 7.90. The number of alkyl halides is 3. The number of carbonyl (C=O) groups is 1. The first-order valence-corrected chi connectivity index (χ1v) is 11.4. The number of ether oxygens (including phenoxy) is 1. The Kier molecular flexibility index (Phi) is 6.56. The van der Waals surface area contributed by atoms with E-state index in [4.69, 9.17) is 4.74 Å². The molecule has 3 rings (SSSR count). The van der Waals surface area contributed by atoms with Crippen LogP contribution in [0.1, 0.15) is 22.6 Å². The molecule has 0 N–H and O–H groups in total. The number of amides is 1. The maximum atomic E-state index is 12.7. The zero-order valence-electron chi connectivity index (χ0n) is 16.8. The molecule has 1 saturated heterocycles. The monoisotopic (exact) mass is 453 g/mol. The first-order chi connectivity index (χ1) is 14.5. The topological polar surface area (TPSA) is 63.7 Å². The number of sulfone groups is 1. The first kappa shape index (κ1) is 23.0. The second kappa shape index (κ2) is 8.84. The first-order valence-electron chi connectivity index (χ1n) is 9.48. The summed E-state index contributed by atoms with van der Waals surface area (Å²) in [6.07, 6.45) is -2.48. The van der Waals surface area contributed by atoms with Crippen LogP contribution in [0.15, 0.2) is 66.1 Å². The smallest absolute Gasteiger partial charge is 0.371 e. The SMILES string of the molecule is C=CC(=O)N1CC(OCc2ccc(C(F)(F)F)cc2)C(c2ccc(S(C)(=O)=O)cc2)C1. The lowest BCUT2D eigenvalue weighted by atomic mass is 9.96. The normalized spacial score (nSPS) is 19.4. The quantitative estimate of drug-likeness (QED) is 0.624. The fourth-order valence-corrected chi connectivity index (χ4v) is 4.16. The fourth-order valence-electron chi connectivity index (χ4n) is 3.53. The largest absolute Gasteiger partial charge is 0.416 e. The second-order valence-electron chi connectivity index (χ2n) is 7.44. The summed E-state index contributed by atoms with van der Waals surface area (Å²) in [6, 6.07) is 11.1. The van der Waals surface area contributed by atoms with Crippen molar-refractivity contribution >= 4 is 15.7 Å². The van der Waals surface area contributed by atoms with Crippen molar-refractivity contribution in [1.29, 1.82) is 0 Å². The Balaban J connectivity index is 1.77. The molecule has 1 amide bonds. The van der Waals surface area contributed by atoms with Gasteiger partial charge in [0, 0.05) is 25.3 Å². The zero-order valence-corrected chi connectivity index (χ0v) is 17.6. The van der Waals surface area contributed by atoms with Gasteiger partial charge in [-0.05, 0) is 41.5 Å². The molecule has 31 heavy (non-hydrogen) atoms. The highest BCUT2D eigenvalue weighted by Crippen LogP contribution is 2.32. The molecule has 2 unspecified atom stereocenters. The van der Waals surface area contributed by atoms with Crippen LogP contribution in [0.5, 0.6) is 0 Å². The third kappa shape index (κ3) is 5.54. The van der Waals surface area contributed by atoms with Gasteiger partial charge in [0.15, 0.2) is 9.84 Å². The van der Waals surface area contributed by atoms with Gasteiger partial charge in [-0.15, -0.1) is 0 Å². The minimum absolute atomic E-state index is 0.0802. The van der Waals surface area contributed by atoms with Gasteiger partial charge in [0.25, 0.3) is 0 Å². The van der Waals surface area contributed by atoms with Crippen LogP contribution < -0.4 is 0 Å². The predicted octanol–water partition coefficient (Wildman–Crippen LogP) is 3.81. The Bertz CT molecular complexity index is 1050. The Morgan fingerprint density at radius 2 is 1.74 bits per heavy atom. The molecule has 2 aromatic carbocycles. The molecule has 1 heterocycles. The van der Waals surface area contributed by atoms with Crippen molar-refractivity contribution < 1.29 is 31.1 Å². The van der Waals surface area contributed by atoms with Crippen LogP contribution in [-0.4, -0.2) is 44.7 Å². The standard InChI is InChI=1S/C22H22F3NO4S/c1-3-21(27)26-12-19(16-6-10-18(11-7-16)31(2,28)29)20(13-26)30-14-15-4-8-17(9-5-15)22(23,24)25/h3-11,19-20H,1,12-14H2,2H3. The van der Waals surface area contributed by atoms with E-state index in [1.165, 1.54) is 30.3 Å². The lowest BCUT2D eigenvalue weighted by Gasteiger charge is -2.19. The average Bonchev–Trinajstić information content (AvgIpc) is 3.15. The van der Waals surface area contributed by atoms with Crippen LogP contribution in [0.3, 0.4) is 0 Å². The Hall–Kier alpha value is -2.65. The average molecular weight is 453 g/mol. The number of carbonyl (C=O) groups excluding carboxylic acids is 1. The minimum atomic E-state index is -4.40. The number of halogens is 3. The summed E-state index contributed by atoms with van der Waals surface area (Å²) in [7, 11) is -3.33. The van der Waals surface area contributed by atoms with Crippen molar-refractivity contribution in [2.24, 2.45) is 0 Å². The summed E-state index contributed by atoms with van der Waals surface area (Å²) in [5.74, 6) is -0.467. The van der Waals surface area contributed by atoms with E-state index in [1.807, 2.05) is 0 Å². The van der Waals surface area contributed by atoms with Crippen molar-refractivity contribution in [1.82, 2.24) is 4.90 Å². The molecule has 5 nitrogen and oxygen atoms in total. The number of likely N-dealkylation sites (tertiary alicyclic amines) is 1. The van der Waals surface area contributed by atoms with Gasteiger partial charge in [-0.3, -0.25) is 4.79 Å². The van der Waals surface area contributed by atoms with Gasteiger partial charge in [0.2, 0.25) is 5.91 Å². The van der Waals surface area contributed by atoms with Crippen molar-refractivity contribution in [2.45, 2.75) is 29.7 Å². The van der Waals surface area contributed by atoms with Crippen LogP contribution >= 0.6 is 0 Å². The van der Waals surface area contributed by atoms with Crippen molar-refractivity contribution in [2.75, 3.05) is 19.3 Å². The summed E-state index contributed by atoms with van der Waals surface area (Å²) in [4.78, 5) is 13.9. The molecule has 9 heteroatoms. The van der Waals surface area contributed by atoms with Crippen LogP contribution in [0.4, 0.5) is 13.2 Å².